The van der Waals surface area contributed by atoms with E-state index in [1.54, 1.807) is 0 Å². The summed E-state index contributed by atoms with van der Waals surface area (Å²) in [6.45, 7) is 0.485. The van der Waals surface area contributed by atoms with Gasteiger partial charge in [0.15, 0.2) is 0 Å². The molecular formula is C8H10F2O4. The van der Waals surface area contributed by atoms with Gasteiger partial charge >= 0.3 is 11.9 Å². The Hall–Kier alpha value is -1.46. The number of esters is 2. The number of ether oxygens (including phenoxy) is 2. The van der Waals surface area contributed by atoms with E-state index in [-0.39, 0.29) is 0 Å². The van der Waals surface area contributed by atoms with Gasteiger partial charge in [0.05, 0.1) is 14.2 Å². The lowest BCUT2D eigenvalue weighted by Gasteiger charge is -2.12. The minimum absolute atomic E-state index is 0.409. The zero-order valence-corrected chi connectivity index (χ0v) is 7.97. The normalized spacial score (nSPS) is 12.2. The molecule has 0 aliphatic carbocycles. The summed E-state index contributed by atoms with van der Waals surface area (Å²) in [7, 11) is 1.96. The number of rotatable bonds is 3. The number of halogens is 2. The molecule has 80 valence electrons. The van der Waals surface area contributed by atoms with E-state index in [1.165, 1.54) is 0 Å². The standard InChI is InChI=1S/C8H10F2O4/c1-8(9,10)5(7(12)14-3)4-6(11)13-2/h4H,1-3H3/b5-4+. The second kappa shape index (κ2) is 4.69. The van der Waals surface area contributed by atoms with E-state index in [4.69, 9.17) is 0 Å². The lowest BCUT2D eigenvalue weighted by molar-refractivity contribution is -0.141. The zero-order valence-electron chi connectivity index (χ0n) is 7.97. The summed E-state index contributed by atoms with van der Waals surface area (Å²) in [6, 6.07) is 0. The van der Waals surface area contributed by atoms with Crippen molar-refractivity contribution in [1.29, 1.82) is 0 Å². The summed E-state index contributed by atoms with van der Waals surface area (Å²) in [6.07, 6.45) is 0.409. The predicted octanol–water partition coefficient (Wildman–Crippen LogP) is 0.914. The Bertz CT molecular complexity index is 265. The number of hydrogen-bond donors (Lipinski definition) is 0. The van der Waals surface area contributed by atoms with Crippen molar-refractivity contribution < 1.29 is 27.8 Å². The number of carbonyl (C=O) groups is 2. The summed E-state index contributed by atoms with van der Waals surface area (Å²) in [5, 5.41) is 0. The molecule has 6 heteroatoms. The van der Waals surface area contributed by atoms with Crippen LogP contribution in [-0.4, -0.2) is 32.1 Å². The maximum Gasteiger partial charge on any atom is 0.340 e. The Balaban J connectivity index is 5.02. The van der Waals surface area contributed by atoms with Gasteiger partial charge in [-0.25, -0.2) is 18.4 Å². The minimum Gasteiger partial charge on any atom is -0.466 e. The molecule has 0 amide bonds. The van der Waals surface area contributed by atoms with Gasteiger partial charge in [0.1, 0.15) is 5.57 Å². The van der Waals surface area contributed by atoms with Crippen LogP contribution in [0.3, 0.4) is 0 Å². The molecule has 0 aliphatic heterocycles. The SMILES string of the molecule is COC(=O)/C=C(\C(=O)OC)C(C)(F)F. The summed E-state index contributed by atoms with van der Waals surface area (Å²) in [4.78, 5) is 21.5. The van der Waals surface area contributed by atoms with Crippen LogP contribution in [-0.2, 0) is 19.1 Å². The van der Waals surface area contributed by atoms with Crippen LogP contribution in [0.2, 0.25) is 0 Å². The molecule has 0 N–H and O–H groups in total. The van der Waals surface area contributed by atoms with Crippen LogP contribution in [0.1, 0.15) is 6.92 Å². The van der Waals surface area contributed by atoms with Crippen molar-refractivity contribution in [2.45, 2.75) is 12.8 Å². The van der Waals surface area contributed by atoms with Crippen LogP contribution >= 0.6 is 0 Å². The van der Waals surface area contributed by atoms with E-state index in [1.807, 2.05) is 0 Å². The zero-order chi connectivity index (χ0) is 11.4. The maximum atomic E-state index is 12.7. The first-order chi connectivity index (χ1) is 6.32. The van der Waals surface area contributed by atoms with Crippen molar-refractivity contribution in [2.75, 3.05) is 14.2 Å². The summed E-state index contributed by atoms with van der Waals surface area (Å²) >= 11 is 0. The molecule has 0 heterocycles. The van der Waals surface area contributed by atoms with E-state index >= 15 is 0 Å². The molecule has 0 spiro atoms. The van der Waals surface area contributed by atoms with Crippen molar-refractivity contribution in [3.8, 4) is 0 Å². The molecule has 0 fully saturated rings. The third-order valence-electron chi connectivity index (χ3n) is 1.34. The minimum atomic E-state index is -3.44. The van der Waals surface area contributed by atoms with Crippen LogP contribution in [0.15, 0.2) is 11.6 Å². The van der Waals surface area contributed by atoms with Crippen LogP contribution in [0.4, 0.5) is 8.78 Å². The Labute approximate surface area is 79.5 Å². The van der Waals surface area contributed by atoms with E-state index in [2.05, 4.69) is 9.47 Å². The van der Waals surface area contributed by atoms with Crippen LogP contribution < -0.4 is 0 Å². The molecule has 0 saturated heterocycles. The largest absolute Gasteiger partial charge is 0.466 e. The Kier molecular flexibility index (Phi) is 4.20. The summed E-state index contributed by atoms with van der Waals surface area (Å²) in [5.41, 5.74) is -1.04. The average molecular weight is 208 g/mol. The van der Waals surface area contributed by atoms with Gasteiger partial charge in [-0.15, -0.1) is 0 Å². The first kappa shape index (κ1) is 12.5. The molecule has 0 aromatic carbocycles. The van der Waals surface area contributed by atoms with Crippen molar-refractivity contribution in [2.24, 2.45) is 0 Å². The lowest BCUT2D eigenvalue weighted by atomic mass is 10.1. The highest BCUT2D eigenvalue weighted by atomic mass is 19.3. The van der Waals surface area contributed by atoms with E-state index in [0.717, 1.165) is 14.2 Å². The molecule has 4 nitrogen and oxygen atoms in total. The van der Waals surface area contributed by atoms with Crippen molar-refractivity contribution in [3.05, 3.63) is 11.6 Å². The molecule has 0 aliphatic rings. The fourth-order valence-corrected chi connectivity index (χ4v) is 0.652. The Morgan fingerprint density at radius 3 is 2.00 bits per heavy atom. The molecule has 0 saturated carbocycles. The second-order valence-electron chi connectivity index (χ2n) is 2.46. The van der Waals surface area contributed by atoms with E-state index in [0.29, 0.717) is 13.0 Å². The number of carbonyl (C=O) groups excluding carboxylic acids is 2. The van der Waals surface area contributed by atoms with Gasteiger partial charge in [0, 0.05) is 13.0 Å². The van der Waals surface area contributed by atoms with Gasteiger partial charge in [0.2, 0.25) is 0 Å². The molecule has 0 atom stereocenters. The molecule has 0 radical (unpaired) electrons. The second-order valence-corrected chi connectivity index (χ2v) is 2.46. The molecular weight excluding hydrogens is 198 g/mol. The van der Waals surface area contributed by atoms with Gasteiger partial charge < -0.3 is 9.47 Å². The number of methoxy groups -OCH3 is 2. The van der Waals surface area contributed by atoms with Crippen molar-refractivity contribution >= 4 is 11.9 Å². The van der Waals surface area contributed by atoms with Crippen LogP contribution in [0.25, 0.3) is 0 Å². The molecule has 0 rings (SSSR count). The van der Waals surface area contributed by atoms with Crippen LogP contribution in [0, 0.1) is 0 Å². The molecule has 0 unspecified atom stereocenters. The number of alkyl halides is 2. The lowest BCUT2D eigenvalue weighted by Crippen LogP contribution is -2.23. The van der Waals surface area contributed by atoms with E-state index in [9.17, 15) is 18.4 Å². The van der Waals surface area contributed by atoms with Crippen molar-refractivity contribution in [3.63, 3.8) is 0 Å². The highest BCUT2D eigenvalue weighted by Crippen LogP contribution is 2.24. The first-order valence-electron chi connectivity index (χ1n) is 3.59. The average Bonchev–Trinajstić information content (AvgIpc) is 2.10. The van der Waals surface area contributed by atoms with Gasteiger partial charge in [0.25, 0.3) is 5.92 Å². The van der Waals surface area contributed by atoms with Gasteiger partial charge in [-0.05, 0) is 0 Å². The van der Waals surface area contributed by atoms with Gasteiger partial charge in [-0.1, -0.05) is 0 Å². The predicted molar refractivity (Wildman–Crippen MR) is 42.7 cm³/mol. The van der Waals surface area contributed by atoms with Crippen molar-refractivity contribution in [1.82, 2.24) is 0 Å². The van der Waals surface area contributed by atoms with Gasteiger partial charge in [-0.3, -0.25) is 0 Å². The molecule has 0 bridgehead atoms. The fraction of sp³-hybridized carbons (Fsp3) is 0.500. The molecule has 14 heavy (non-hydrogen) atoms. The quantitative estimate of drug-likeness (QED) is 0.511. The van der Waals surface area contributed by atoms with Crippen LogP contribution in [0.5, 0.6) is 0 Å². The smallest absolute Gasteiger partial charge is 0.340 e. The third kappa shape index (κ3) is 3.51. The number of hydrogen-bond acceptors (Lipinski definition) is 4. The Morgan fingerprint density at radius 2 is 1.71 bits per heavy atom. The molecule has 0 aromatic rings. The van der Waals surface area contributed by atoms with Gasteiger partial charge in [-0.2, -0.15) is 0 Å². The fourth-order valence-electron chi connectivity index (χ4n) is 0.652. The third-order valence-corrected chi connectivity index (χ3v) is 1.34. The first-order valence-corrected chi connectivity index (χ1v) is 3.59. The topological polar surface area (TPSA) is 52.6 Å². The maximum absolute atomic E-state index is 12.7. The Morgan fingerprint density at radius 1 is 1.21 bits per heavy atom. The summed E-state index contributed by atoms with van der Waals surface area (Å²) in [5.74, 6) is -5.74. The summed E-state index contributed by atoms with van der Waals surface area (Å²) < 4.78 is 33.7. The monoisotopic (exact) mass is 208 g/mol. The van der Waals surface area contributed by atoms with E-state index < -0.39 is 23.4 Å². The highest BCUT2D eigenvalue weighted by molar-refractivity contribution is 5.97. The highest BCUT2D eigenvalue weighted by Gasteiger charge is 2.34. The molecule has 0 aromatic heterocycles.